The topological polar surface area (TPSA) is 46.2 Å². The van der Waals surface area contributed by atoms with Gasteiger partial charge in [0.05, 0.1) is 10.9 Å². The Hall–Kier alpha value is -1.78. The third kappa shape index (κ3) is 3.85. The molecule has 0 heterocycles. The molecule has 0 aliphatic carbocycles. The maximum absolute atomic E-state index is 12.3. The first kappa shape index (κ1) is 14.6. The maximum Gasteiger partial charge on any atom is 0.125 e. The third-order valence-electron chi connectivity index (χ3n) is 3.02. The Labute approximate surface area is 121 Å². The summed E-state index contributed by atoms with van der Waals surface area (Å²) in [5, 5.41) is 0. The van der Waals surface area contributed by atoms with E-state index in [4.69, 9.17) is 0 Å². The quantitative estimate of drug-likeness (QED) is 0.830. The highest BCUT2D eigenvalue weighted by molar-refractivity contribution is 7.83. The summed E-state index contributed by atoms with van der Waals surface area (Å²) < 4.78 is 15.3. The van der Waals surface area contributed by atoms with Crippen LogP contribution >= 0.6 is 0 Å². The van der Waals surface area contributed by atoms with Crippen molar-refractivity contribution in [3.8, 4) is 0 Å². The van der Waals surface area contributed by atoms with Crippen LogP contribution in [0.25, 0.3) is 0 Å². The van der Waals surface area contributed by atoms with E-state index >= 15 is 0 Å². The molecule has 0 amide bonds. The number of rotatable bonds is 6. The van der Waals surface area contributed by atoms with Gasteiger partial charge < -0.3 is 4.79 Å². The first-order valence-corrected chi connectivity index (χ1v) is 7.59. The fraction of sp³-hybridized carbons (Fsp3) is 0.188. The minimum Gasteiger partial charge on any atom is -0.303 e. The summed E-state index contributed by atoms with van der Waals surface area (Å²) in [6, 6.07) is 16.9. The van der Waals surface area contributed by atoms with Crippen molar-refractivity contribution in [2.24, 2.45) is 0 Å². The monoisotopic (exact) mass is 287 g/mol. The molecule has 0 aromatic heterocycles. The van der Waals surface area contributed by atoms with Gasteiger partial charge in [0.1, 0.15) is 17.3 Å². The first-order valence-electron chi connectivity index (χ1n) is 6.44. The van der Waals surface area contributed by atoms with Gasteiger partial charge in [0.15, 0.2) is 0 Å². The van der Waals surface area contributed by atoms with Crippen molar-refractivity contribution >= 4 is 17.3 Å². The van der Waals surface area contributed by atoms with Crippen molar-refractivity contribution in [3.05, 3.63) is 65.7 Å². The molecule has 0 spiro atoms. The Balaban J connectivity index is 2.14. The summed E-state index contributed by atoms with van der Waals surface area (Å²) in [7, 11) is -1.33. The number of carbonyl (C=O) groups excluding carboxylic acids is 1. The van der Waals surface area contributed by atoms with E-state index in [0.29, 0.717) is 11.3 Å². The average Bonchev–Trinajstić information content (AvgIpc) is 2.48. The standard InChI is InChI=1S/C16H17NO2S/c1-13-7-9-15(10-8-13)20(19)17-16(11-12-18)14-5-3-2-4-6-14/h2-10,12,16-17H,11H2,1H3/t16-,20?/m1/s1. The molecular formula is C16H17NO2S. The normalized spacial score (nSPS) is 13.7. The number of hydrogen-bond donors (Lipinski definition) is 1. The highest BCUT2D eigenvalue weighted by Crippen LogP contribution is 2.18. The van der Waals surface area contributed by atoms with Crippen molar-refractivity contribution in [2.75, 3.05) is 0 Å². The van der Waals surface area contributed by atoms with Gasteiger partial charge in [0.2, 0.25) is 0 Å². The van der Waals surface area contributed by atoms with Crippen LogP contribution in [-0.2, 0) is 15.8 Å². The number of hydrogen-bond acceptors (Lipinski definition) is 2. The summed E-state index contributed by atoms with van der Waals surface area (Å²) in [6.07, 6.45) is 1.14. The molecule has 0 radical (unpaired) electrons. The molecular weight excluding hydrogens is 270 g/mol. The fourth-order valence-electron chi connectivity index (χ4n) is 1.89. The van der Waals surface area contributed by atoms with E-state index in [1.165, 1.54) is 0 Å². The molecule has 2 atom stereocenters. The summed E-state index contributed by atoms with van der Waals surface area (Å²) in [6.45, 7) is 1.99. The molecule has 0 aliphatic heterocycles. The van der Waals surface area contributed by atoms with Gasteiger partial charge in [0.25, 0.3) is 0 Å². The molecule has 3 nitrogen and oxygen atoms in total. The maximum atomic E-state index is 12.3. The summed E-state index contributed by atoms with van der Waals surface area (Å²) >= 11 is 0. The van der Waals surface area contributed by atoms with E-state index in [1.54, 1.807) is 0 Å². The highest BCUT2D eigenvalue weighted by Gasteiger charge is 2.14. The largest absolute Gasteiger partial charge is 0.303 e. The Bertz CT molecular complexity index is 581. The van der Waals surface area contributed by atoms with E-state index in [9.17, 15) is 9.00 Å². The van der Waals surface area contributed by atoms with Crippen molar-refractivity contribution < 1.29 is 9.00 Å². The smallest absolute Gasteiger partial charge is 0.125 e. The van der Waals surface area contributed by atoms with Crippen LogP contribution in [0.5, 0.6) is 0 Å². The number of aryl methyl sites for hydroxylation is 1. The van der Waals surface area contributed by atoms with Gasteiger partial charge >= 0.3 is 0 Å². The van der Waals surface area contributed by atoms with E-state index < -0.39 is 11.0 Å². The predicted molar refractivity (Wildman–Crippen MR) is 80.6 cm³/mol. The Morgan fingerprint density at radius 3 is 2.35 bits per heavy atom. The minimum atomic E-state index is -1.33. The molecule has 0 fully saturated rings. The van der Waals surface area contributed by atoms with Crippen LogP contribution in [0.3, 0.4) is 0 Å². The van der Waals surface area contributed by atoms with Gasteiger partial charge in [0, 0.05) is 6.42 Å². The zero-order chi connectivity index (χ0) is 14.4. The van der Waals surface area contributed by atoms with Gasteiger partial charge in [-0.15, -0.1) is 0 Å². The van der Waals surface area contributed by atoms with Gasteiger partial charge in [-0.1, -0.05) is 48.0 Å². The number of carbonyl (C=O) groups is 1. The molecule has 0 aliphatic rings. The second-order valence-corrected chi connectivity index (χ2v) is 5.81. The zero-order valence-electron chi connectivity index (χ0n) is 11.3. The Kier molecular flexibility index (Phi) is 5.21. The van der Waals surface area contributed by atoms with Crippen LogP contribution in [0.4, 0.5) is 0 Å². The summed E-state index contributed by atoms with van der Waals surface area (Å²) in [5.41, 5.74) is 2.08. The molecule has 4 heteroatoms. The molecule has 20 heavy (non-hydrogen) atoms. The van der Waals surface area contributed by atoms with Crippen LogP contribution in [-0.4, -0.2) is 10.5 Å². The molecule has 1 N–H and O–H groups in total. The average molecular weight is 287 g/mol. The van der Waals surface area contributed by atoms with Gasteiger partial charge in [-0.05, 0) is 24.6 Å². The molecule has 0 saturated carbocycles. The highest BCUT2D eigenvalue weighted by atomic mass is 32.2. The van der Waals surface area contributed by atoms with E-state index in [2.05, 4.69) is 4.72 Å². The zero-order valence-corrected chi connectivity index (χ0v) is 12.1. The van der Waals surface area contributed by atoms with Crippen LogP contribution in [0.15, 0.2) is 59.5 Å². The number of aldehydes is 1. The summed E-state index contributed by atoms with van der Waals surface area (Å²) in [4.78, 5) is 11.5. The van der Waals surface area contributed by atoms with Gasteiger partial charge in [-0.25, -0.2) is 8.93 Å². The van der Waals surface area contributed by atoms with E-state index in [0.717, 1.165) is 17.4 Å². The van der Waals surface area contributed by atoms with Gasteiger partial charge in [-0.2, -0.15) is 0 Å². The SMILES string of the molecule is Cc1ccc(S(=O)N[C@H](CC=O)c2ccccc2)cc1. The Morgan fingerprint density at radius 2 is 1.75 bits per heavy atom. The van der Waals surface area contributed by atoms with Crippen LogP contribution < -0.4 is 4.72 Å². The van der Waals surface area contributed by atoms with Gasteiger partial charge in [-0.3, -0.25) is 0 Å². The number of nitrogens with one attached hydrogen (secondary N) is 1. The lowest BCUT2D eigenvalue weighted by atomic mass is 10.1. The fourth-order valence-corrected chi connectivity index (χ4v) is 2.90. The lowest BCUT2D eigenvalue weighted by molar-refractivity contribution is -0.108. The molecule has 2 aromatic carbocycles. The molecule has 2 rings (SSSR count). The van der Waals surface area contributed by atoms with E-state index in [-0.39, 0.29) is 6.04 Å². The predicted octanol–water partition coefficient (Wildman–Crippen LogP) is 2.94. The second kappa shape index (κ2) is 7.12. The van der Waals surface area contributed by atoms with Crippen LogP contribution in [0.2, 0.25) is 0 Å². The number of benzene rings is 2. The Morgan fingerprint density at radius 1 is 1.10 bits per heavy atom. The second-order valence-electron chi connectivity index (χ2n) is 4.57. The third-order valence-corrected chi connectivity index (χ3v) is 4.22. The molecule has 0 saturated heterocycles. The van der Waals surface area contributed by atoms with Crippen molar-refractivity contribution in [3.63, 3.8) is 0 Å². The lowest BCUT2D eigenvalue weighted by Crippen LogP contribution is -2.24. The molecule has 104 valence electrons. The lowest BCUT2D eigenvalue weighted by Gasteiger charge is -2.16. The first-order chi connectivity index (χ1) is 9.70. The minimum absolute atomic E-state index is 0.240. The molecule has 0 bridgehead atoms. The van der Waals surface area contributed by atoms with Crippen molar-refractivity contribution in [2.45, 2.75) is 24.3 Å². The molecule has 2 aromatic rings. The van der Waals surface area contributed by atoms with Crippen LogP contribution in [0, 0.1) is 6.92 Å². The van der Waals surface area contributed by atoms with Crippen molar-refractivity contribution in [1.29, 1.82) is 0 Å². The van der Waals surface area contributed by atoms with E-state index in [1.807, 2.05) is 61.5 Å². The van der Waals surface area contributed by atoms with Crippen molar-refractivity contribution in [1.82, 2.24) is 4.72 Å². The molecule has 1 unspecified atom stereocenters. The summed E-state index contributed by atoms with van der Waals surface area (Å²) in [5.74, 6) is 0. The van der Waals surface area contributed by atoms with Crippen LogP contribution in [0.1, 0.15) is 23.6 Å².